The first kappa shape index (κ1) is 26.1. The molecule has 3 N–H and O–H groups in total. The molecule has 0 aliphatic carbocycles. The van der Waals surface area contributed by atoms with E-state index < -0.39 is 24.5 Å². The number of carbonyl (C=O) groups excluding carboxylic acids is 2. The average molecular weight is 533 g/mol. The van der Waals surface area contributed by atoms with E-state index in [9.17, 15) is 14.7 Å². The summed E-state index contributed by atoms with van der Waals surface area (Å²) in [5.74, 6) is -0.671. The summed E-state index contributed by atoms with van der Waals surface area (Å²) in [5.41, 5.74) is 1.29. The van der Waals surface area contributed by atoms with Crippen LogP contribution >= 0.6 is 46.4 Å². The molecule has 1 aliphatic rings. The number of rotatable bonds is 8. The summed E-state index contributed by atoms with van der Waals surface area (Å²) in [4.78, 5) is 27.3. The van der Waals surface area contributed by atoms with Crippen LogP contribution in [0, 0.1) is 5.92 Å². The molecule has 10 heteroatoms. The van der Waals surface area contributed by atoms with E-state index in [-0.39, 0.29) is 10.6 Å². The summed E-state index contributed by atoms with van der Waals surface area (Å²) in [6.45, 7) is 2.55. The van der Waals surface area contributed by atoms with E-state index in [2.05, 4.69) is 15.5 Å². The number of nitrogens with one attached hydrogen (secondary N) is 2. The van der Waals surface area contributed by atoms with E-state index in [1.165, 1.54) is 18.2 Å². The Bertz CT molecular complexity index is 997. The predicted molar refractivity (Wildman–Crippen MR) is 132 cm³/mol. The van der Waals surface area contributed by atoms with Crippen LogP contribution in [0.25, 0.3) is 0 Å². The van der Waals surface area contributed by atoms with Crippen LogP contribution in [0.4, 0.5) is 0 Å². The van der Waals surface area contributed by atoms with Gasteiger partial charge in [-0.05, 0) is 67.7 Å². The lowest BCUT2D eigenvalue weighted by atomic mass is 9.96. The van der Waals surface area contributed by atoms with Crippen molar-refractivity contribution < 1.29 is 14.7 Å². The van der Waals surface area contributed by atoms with Crippen LogP contribution in [0.15, 0.2) is 36.4 Å². The summed E-state index contributed by atoms with van der Waals surface area (Å²) in [5, 5.41) is 16.6. The van der Waals surface area contributed by atoms with Crippen LogP contribution in [-0.2, 0) is 11.3 Å². The lowest BCUT2D eigenvalue weighted by Gasteiger charge is -2.32. The van der Waals surface area contributed by atoms with Crippen LogP contribution in [0.5, 0.6) is 0 Å². The van der Waals surface area contributed by atoms with Crippen LogP contribution in [0.1, 0.15) is 28.8 Å². The monoisotopic (exact) mass is 531 g/mol. The first-order valence-electron chi connectivity index (χ1n) is 10.6. The Hall–Kier alpha value is -1.54. The maximum atomic E-state index is 12.5. The van der Waals surface area contributed by atoms with Gasteiger partial charge in [0.2, 0.25) is 5.91 Å². The number of aliphatic hydroxyl groups is 1. The van der Waals surface area contributed by atoms with Gasteiger partial charge in [0.15, 0.2) is 0 Å². The van der Waals surface area contributed by atoms with E-state index in [0.29, 0.717) is 27.5 Å². The summed E-state index contributed by atoms with van der Waals surface area (Å²) in [7, 11) is 0. The molecule has 0 aromatic heterocycles. The zero-order valence-electron chi connectivity index (χ0n) is 17.8. The van der Waals surface area contributed by atoms with Gasteiger partial charge in [-0.2, -0.15) is 0 Å². The van der Waals surface area contributed by atoms with E-state index in [0.717, 1.165) is 38.0 Å². The Kier molecular flexibility index (Phi) is 9.68. The number of hydrogen-bond donors (Lipinski definition) is 3. The third kappa shape index (κ3) is 7.47. The van der Waals surface area contributed by atoms with E-state index in [1.807, 2.05) is 12.1 Å². The second-order valence-electron chi connectivity index (χ2n) is 8.05. The molecular weight excluding hydrogens is 508 g/mol. The molecule has 0 saturated carbocycles. The highest BCUT2D eigenvalue weighted by Crippen LogP contribution is 2.25. The van der Waals surface area contributed by atoms with Gasteiger partial charge in [0.1, 0.15) is 6.04 Å². The van der Waals surface area contributed by atoms with Gasteiger partial charge in [0, 0.05) is 18.1 Å². The van der Waals surface area contributed by atoms with E-state index >= 15 is 0 Å². The Morgan fingerprint density at radius 3 is 2.36 bits per heavy atom. The van der Waals surface area contributed by atoms with Gasteiger partial charge < -0.3 is 15.7 Å². The maximum Gasteiger partial charge on any atom is 0.253 e. The Morgan fingerprint density at radius 2 is 1.73 bits per heavy atom. The SMILES string of the molecule is O=C(N[C@@H](CO)C(=O)NCC1CCN(Cc2ccc(Cl)c(Cl)c2)CC1)c1ccc(Cl)cc1Cl. The van der Waals surface area contributed by atoms with E-state index in [1.54, 1.807) is 6.07 Å². The quantitative estimate of drug-likeness (QED) is 0.470. The minimum Gasteiger partial charge on any atom is -0.394 e. The highest BCUT2D eigenvalue weighted by atomic mass is 35.5. The van der Waals surface area contributed by atoms with Crippen molar-refractivity contribution in [3.63, 3.8) is 0 Å². The molecule has 1 aliphatic heterocycles. The van der Waals surface area contributed by atoms with Crippen molar-refractivity contribution in [1.82, 2.24) is 15.5 Å². The van der Waals surface area contributed by atoms with Crippen molar-refractivity contribution in [3.05, 3.63) is 67.6 Å². The molecular formula is C23H25Cl4N3O3. The number of amides is 2. The van der Waals surface area contributed by atoms with Crippen molar-refractivity contribution in [3.8, 4) is 0 Å². The fraction of sp³-hybridized carbons (Fsp3) is 0.391. The molecule has 3 rings (SSSR count). The van der Waals surface area contributed by atoms with Gasteiger partial charge in [-0.3, -0.25) is 14.5 Å². The zero-order chi connectivity index (χ0) is 24.0. The molecule has 0 bridgehead atoms. The second kappa shape index (κ2) is 12.2. The molecule has 0 unspecified atom stereocenters. The number of hydrogen-bond acceptors (Lipinski definition) is 4. The van der Waals surface area contributed by atoms with Crippen LogP contribution in [-0.4, -0.2) is 54.1 Å². The van der Waals surface area contributed by atoms with Crippen LogP contribution in [0.2, 0.25) is 20.1 Å². The smallest absolute Gasteiger partial charge is 0.253 e. The number of piperidine rings is 1. The largest absolute Gasteiger partial charge is 0.394 e. The lowest BCUT2D eigenvalue weighted by Crippen LogP contribution is -2.50. The second-order valence-corrected chi connectivity index (χ2v) is 9.70. The zero-order valence-corrected chi connectivity index (χ0v) is 20.8. The van der Waals surface area contributed by atoms with Crippen LogP contribution in [0.3, 0.4) is 0 Å². The lowest BCUT2D eigenvalue weighted by molar-refractivity contribution is -0.124. The number of aliphatic hydroxyl groups excluding tert-OH is 1. The Morgan fingerprint density at radius 1 is 1.00 bits per heavy atom. The van der Waals surface area contributed by atoms with Gasteiger partial charge in [-0.25, -0.2) is 0 Å². The number of nitrogens with zero attached hydrogens (tertiary/aromatic N) is 1. The van der Waals surface area contributed by atoms with Gasteiger partial charge in [0.05, 0.1) is 27.2 Å². The molecule has 6 nitrogen and oxygen atoms in total. The summed E-state index contributed by atoms with van der Waals surface area (Å²) < 4.78 is 0. The van der Waals surface area contributed by atoms with Gasteiger partial charge in [-0.1, -0.05) is 52.5 Å². The fourth-order valence-electron chi connectivity index (χ4n) is 3.72. The first-order chi connectivity index (χ1) is 15.8. The molecule has 1 atom stereocenters. The Balaban J connectivity index is 1.44. The van der Waals surface area contributed by atoms with Gasteiger partial charge in [-0.15, -0.1) is 0 Å². The molecule has 2 aromatic carbocycles. The number of likely N-dealkylation sites (tertiary alicyclic amines) is 1. The molecule has 1 fully saturated rings. The summed E-state index contributed by atoms with van der Waals surface area (Å²) >= 11 is 24.0. The van der Waals surface area contributed by atoms with Crippen LogP contribution < -0.4 is 10.6 Å². The molecule has 33 heavy (non-hydrogen) atoms. The van der Waals surface area contributed by atoms with E-state index in [4.69, 9.17) is 46.4 Å². The maximum absolute atomic E-state index is 12.5. The third-order valence-corrected chi connectivity index (χ3v) is 6.93. The summed E-state index contributed by atoms with van der Waals surface area (Å²) in [6.07, 6.45) is 1.86. The molecule has 178 valence electrons. The summed E-state index contributed by atoms with van der Waals surface area (Å²) in [6, 6.07) is 9.04. The minimum atomic E-state index is -1.07. The Labute approximate surface area is 213 Å². The normalized spacial score (nSPS) is 15.8. The predicted octanol–water partition coefficient (Wildman–Crippen LogP) is 4.42. The molecule has 0 radical (unpaired) electrons. The van der Waals surface area contributed by atoms with Crippen molar-refractivity contribution in [2.75, 3.05) is 26.2 Å². The number of carbonyl (C=O) groups is 2. The minimum absolute atomic E-state index is 0.171. The highest BCUT2D eigenvalue weighted by molar-refractivity contribution is 6.42. The van der Waals surface area contributed by atoms with Gasteiger partial charge in [0.25, 0.3) is 5.91 Å². The molecule has 2 amide bonds. The van der Waals surface area contributed by atoms with Crippen molar-refractivity contribution >= 4 is 58.2 Å². The van der Waals surface area contributed by atoms with Crippen molar-refractivity contribution in [2.24, 2.45) is 5.92 Å². The third-order valence-electron chi connectivity index (χ3n) is 5.64. The number of halogens is 4. The fourth-order valence-corrected chi connectivity index (χ4v) is 4.53. The van der Waals surface area contributed by atoms with Crippen molar-refractivity contribution in [1.29, 1.82) is 0 Å². The van der Waals surface area contributed by atoms with Gasteiger partial charge >= 0.3 is 0 Å². The standard InChI is InChI=1S/C23H25Cl4N3O3/c24-16-2-3-17(19(26)10-16)22(32)29-21(13-31)23(33)28-11-14-5-7-30(8-6-14)12-15-1-4-18(25)20(27)9-15/h1-4,9-10,14,21,31H,5-8,11-13H2,(H,28,33)(H,29,32)/t21-/m0/s1. The molecule has 2 aromatic rings. The highest BCUT2D eigenvalue weighted by Gasteiger charge is 2.24. The number of benzene rings is 2. The molecule has 1 saturated heterocycles. The molecule has 0 spiro atoms. The molecule has 1 heterocycles. The topological polar surface area (TPSA) is 81.7 Å². The average Bonchev–Trinajstić information content (AvgIpc) is 2.79. The van der Waals surface area contributed by atoms with Crippen molar-refractivity contribution in [2.45, 2.75) is 25.4 Å². The first-order valence-corrected chi connectivity index (χ1v) is 12.1.